The van der Waals surface area contributed by atoms with Crippen molar-refractivity contribution in [2.75, 3.05) is 6.61 Å². The zero-order valence-corrected chi connectivity index (χ0v) is 7.26. The maximum Gasteiger partial charge on any atom is 0.124 e. The minimum absolute atomic E-state index is 0.698. The van der Waals surface area contributed by atoms with E-state index in [1.165, 1.54) is 0 Å². The average molecular weight is 156 g/mol. The lowest BCUT2D eigenvalue weighted by Gasteiger charge is -2.25. The van der Waals surface area contributed by atoms with Gasteiger partial charge in [0.2, 0.25) is 0 Å². The van der Waals surface area contributed by atoms with Crippen LogP contribution in [-0.2, 0) is 4.74 Å². The number of hydrogen-bond acceptors (Lipinski definition) is 2. The highest BCUT2D eigenvalue weighted by atomic mass is 16.5. The standard InChI is InChI=1S/C9H16O2/c1-3-9(10,4-2)8-6-5-7-11-8/h6,10H,3-5,7H2,1-2H3. The third-order valence-electron chi connectivity index (χ3n) is 2.33. The highest BCUT2D eigenvalue weighted by Crippen LogP contribution is 2.28. The molecule has 1 aliphatic rings. The van der Waals surface area contributed by atoms with Crippen molar-refractivity contribution in [3.63, 3.8) is 0 Å². The first-order valence-electron chi connectivity index (χ1n) is 4.28. The molecule has 64 valence electrons. The Bertz CT molecular complexity index is 157. The van der Waals surface area contributed by atoms with Gasteiger partial charge in [-0.15, -0.1) is 0 Å². The quantitative estimate of drug-likeness (QED) is 0.675. The van der Waals surface area contributed by atoms with Gasteiger partial charge in [0.25, 0.3) is 0 Å². The fourth-order valence-corrected chi connectivity index (χ4v) is 1.34. The van der Waals surface area contributed by atoms with E-state index < -0.39 is 5.60 Å². The zero-order chi connectivity index (χ0) is 8.32. The molecule has 0 radical (unpaired) electrons. The molecule has 1 aliphatic heterocycles. The van der Waals surface area contributed by atoms with Crippen molar-refractivity contribution < 1.29 is 9.84 Å². The SMILES string of the molecule is CCC(O)(CC)C1=CCCO1. The fourth-order valence-electron chi connectivity index (χ4n) is 1.34. The Morgan fingerprint density at radius 2 is 2.18 bits per heavy atom. The van der Waals surface area contributed by atoms with E-state index >= 15 is 0 Å². The second kappa shape index (κ2) is 3.26. The van der Waals surface area contributed by atoms with Crippen LogP contribution in [0.3, 0.4) is 0 Å². The fraction of sp³-hybridized carbons (Fsp3) is 0.778. The highest BCUT2D eigenvalue weighted by molar-refractivity contribution is 5.12. The van der Waals surface area contributed by atoms with E-state index in [-0.39, 0.29) is 0 Å². The summed E-state index contributed by atoms with van der Waals surface area (Å²) in [5, 5.41) is 9.94. The van der Waals surface area contributed by atoms with E-state index in [1.54, 1.807) is 0 Å². The van der Waals surface area contributed by atoms with Crippen LogP contribution in [0.15, 0.2) is 11.8 Å². The third kappa shape index (κ3) is 1.56. The summed E-state index contributed by atoms with van der Waals surface area (Å²) in [6.07, 6.45) is 4.40. The maximum absolute atomic E-state index is 9.94. The molecule has 1 N–H and O–H groups in total. The van der Waals surface area contributed by atoms with Gasteiger partial charge >= 0.3 is 0 Å². The summed E-state index contributed by atoms with van der Waals surface area (Å²) < 4.78 is 5.31. The number of aliphatic hydroxyl groups is 1. The van der Waals surface area contributed by atoms with Gasteiger partial charge in [0.1, 0.15) is 11.4 Å². The molecule has 0 aliphatic carbocycles. The first-order valence-corrected chi connectivity index (χ1v) is 4.28. The van der Waals surface area contributed by atoms with Gasteiger partial charge in [-0.25, -0.2) is 0 Å². The van der Waals surface area contributed by atoms with Crippen LogP contribution < -0.4 is 0 Å². The second-order valence-electron chi connectivity index (χ2n) is 2.94. The summed E-state index contributed by atoms with van der Waals surface area (Å²) in [6.45, 7) is 4.69. The van der Waals surface area contributed by atoms with Gasteiger partial charge < -0.3 is 9.84 Å². The highest BCUT2D eigenvalue weighted by Gasteiger charge is 2.30. The molecular weight excluding hydrogens is 140 g/mol. The third-order valence-corrected chi connectivity index (χ3v) is 2.33. The minimum atomic E-state index is -0.698. The molecule has 0 unspecified atom stereocenters. The summed E-state index contributed by atoms with van der Waals surface area (Å²) in [5.74, 6) is 0.780. The van der Waals surface area contributed by atoms with Crippen molar-refractivity contribution in [3.05, 3.63) is 11.8 Å². The molecule has 0 amide bonds. The lowest BCUT2D eigenvalue weighted by molar-refractivity contribution is 0.0129. The summed E-state index contributed by atoms with van der Waals surface area (Å²) in [5.41, 5.74) is -0.698. The lowest BCUT2D eigenvalue weighted by atomic mass is 9.95. The molecule has 0 fully saturated rings. The topological polar surface area (TPSA) is 29.5 Å². The monoisotopic (exact) mass is 156 g/mol. The number of ether oxygens (including phenoxy) is 1. The predicted octanol–water partition coefficient (Wildman–Crippen LogP) is 1.84. The van der Waals surface area contributed by atoms with Gasteiger partial charge in [-0.3, -0.25) is 0 Å². The summed E-state index contributed by atoms with van der Waals surface area (Å²) in [7, 11) is 0. The van der Waals surface area contributed by atoms with E-state index in [9.17, 15) is 5.11 Å². The van der Waals surface area contributed by atoms with Gasteiger partial charge in [0.05, 0.1) is 6.61 Å². The predicted molar refractivity (Wildman–Crippen MR) is 44.2 cm³/mol. The molecule has 0 aromatic rings. The van der Waals surface area contributed by atoms with Crippen LogP contribution in [0.4, 0.5) is 0 Å². The Morgan fingerprint density at radius 1 is 1.55 bits per heavy atom. The van der Waals surface area contributed by atoms with E-state index in [0.717, 1.165) is 31.6 Å². The zero-order valence-electron chi connectivity index (χ0n) is 7.26. The molecule has 0 saturated heterocycles. The second-order valence-corrected chi connectivity index (χ2v) is 2.94. The van der Waals surface area contributed by atoms with Crippen LogP contribution in [0.2, 0.25) is 0 Å². The Hall–Kier alpha value is -0.500. The van der Waals surface area contributed by atoms with Crippen molar-refractivity contribution in [1.29, 1.82) is 0 Å². The van der Waals surface area contributed by atoms with Crippen molar-refractivity contribution in [2.45, 2.75) is 38.7 Å². The van der Waals surface area contributed by atoms with Crippen LogP contribution in [0, 0.1) is 0 Å². The Morgan fingerprint density at radius 3 is 2.55 bits per heavy atom. The van der Waals surface area contributed by atoms with E-state index in [1.807, 2.05) is 19.9 Å². The molecule has 1 rings (SSSR count). The van der Waals surface area contributed by atoms with Crippen LogP contribution in [0.25, 0.3) is 0 Å². The van der Waals surface area contributed by atoms with Gasteiger partial charge in [-0.1, -0.05) is 13.8 Å². The van der Waals surface area contributed by atoms with Gasteiger partial charge in [-0.05, 0) is 18.9 Å². The summed E-state index contributed by atoms with van der Waals surface area (Å²) >= 11 is 0. The van der Waals surface area contributed by atoms with Crippen LogP contribution in [-0.4, -0.2) is 17.3 Å². The Kier molecular flexibility index (Phi) is 2.55. The van der Waals surface area contributed by atoms with Gasteiger partial charge in [0, 0.05) is 6.42 Å². The average Bonchev–Trinajstić information content (AvgIpc) is 2.55. The molecule has 0 atom stereocenters. The minimum Gasteiger partial charge on any atom is -0.495 e. The van der Waals surface area contributed by atoms with Crippen molar-refractivity contribution in [1.82, 2.24) is 0 Å². The van der Waals surface area contributed by atoms with E-state index in [0.29, 0.717) is 0 Å². The number of rotatable bonds is 3. The van der Waals surface area contributed by atoms with Gasteiger partial charge in [0.15, 0.2) is 0 Å². The normalized spacial score (nSPS) is 17.9. The Labute approximate surface area is 67.9 Å². The molecule has 2 nitrogen and oxygen atoms in total. The van der Waals surface area contributed by atoms with Crippen molar-refractivity contribution in [2.24, 2.45) is 0 Å². The summed E-state index contributed by atoms with van der Waals surface area (Å²) in [6, 6.07) is 0. The smallest absolute Gasteiger partial charge is 0.124 e. The van der Waals surface area contributed by atoms with Crippen LogP contribution >= 0.6 is 0 Å². The van der Waals surface area contributed by atoms with Crippen molar-refractivity contribution >= 4 is 0 Å². The lowest BCUT2D eigenvalue weighted by Crippen LogP contribution is -2.29. The number of hydrogen-bond donors (Lipinski definition) is 1. The molecule has 11 heavy (non-hydrogen) atoms. The van der Waals surface area contributed by atoms with Crippen LogP contribution in [0.1, 0.15) is 33.1 Å². The van der Waals surface area contributed by atoms with E-state index in [4.69, 9.17) is 4.74 Å². The first-order chi connectivity index (χ1) is 5.23. The van der Waals surface area contributed by atoms with Crippen LogP contribution in [0.5, 0.6) is 0 Å². The molecule has 0 spiro atoms. The molecule has 1 heterocycles. The molecule has 2 heteroatoms. The molecule has 0 aromatic carbocycles. The molecule has 0 bridgehead atoms. The van der Waals surface area contributed by atoms with Crippen molar-refractivity contribution in [3.8, 4) is 0 Å². The van der Waals surface area contributed by atoms with Gasteiger partial charge in [-0.2, -0.15) is 0 Å². The summed E-state index contributed by atoms with van der Waals surface area (Å²) in [4.78, 5) is 0. The Balaban J connectivity index is 2.67. The molecule has 0 saturated carbocycles. The molecule has 0 aromatic heterocycles. The molecular formula is C9H16O2. The first kappa shape index (κ1) is 8.60. The largest absolute Gasteiger partial charge is 0.495 e. The maximum atomic E-state index is 9.94. The van der Waals surface area contributed by atoms with E-state index in [2.05, 4.69) is 0 Å².